The van der Waals surface area contributed by atoms with Crippen LogP contribution >= 0.6 is 0 Å². The molecule has 5 nitrogen and oxygen atoms in total. The van der Waals surface area contributed by atoms with Crippen LogP contribution in [-0.4, -0.2) is 44.6 Å². The molecule has 1 aliphatic carbocycles. The molecule has 0 atom stereocenters. The Kier molecular flexibility index (Phi) is 2.19. The number of aliphatic hydroxyl groups is 1. The van der Waals surface area contributed by atoms with Crippen LogP contribution in [0.4, 0.5) is 0 Å². The normalized spacial score (nSPS) is 22.1. The number of rotatable bonds is 2. The Hall–Kier alpha value is -1.49. The Balaban J connectivity index is 1.66. The van der Waals surface area contributed by atoms with Gasteiger partial charge in [0.1, 0.15) is 11.3 Å². The summed E-state index contributed by atoms with van der Waals surface area (Å²) in [5, 5.41) is 10.1. The van der Waals surface area contributed by atoms with E-state index in [2.05, 4.69) is 9.97 Å². The van der Waals surface area contributed by atoms with Crippen LogP contribution in [0.3, 0.4) is 0 Å². The number of nitrogens with zero attached hydrogens (tertiary/aromatic N) is 3. The van der Waals surface area contributed by atoms with Crippen molar-refractivity contribution in [1.82, 2.24) is 14.9 Å². The van der Waals surface area contributed by atoms with E-state index >= 15 is 0 Å². The van der Waals surface area contributed by atoms with Crippen LogP contribution in [-0.2, 0) is 0 Å². The van der Waals surface area contributed by atoms with Crippen molar-refractivity contribution in [2.24, 2.45) is 5.92 Å². The van der Waals surface area contributed by atoms with Gasteiger partial charge in [-0.25, -0.2) is 4.98 Å². The quantitative estimate of drug-likeness (QED) is 0.802. The average Bonchev–Trinajstić information content (AvgIpc) is 3.09. The number of likely N-dealkylation sites (tertiary alicyclic amines) is 1. The van der Waals surface area contributed by atoms with E-state index in [-0.39, 0.29) is 5.91 Å². The molecule has 0 unspecified atom stereocenters. The van der Waals surface area contributed by atoms with Crippen LogP contribution < -0.4 is 0 Å². The molecule has 2 fully saturated rings. The number of carbonyl (C=O) groups is 1. The zero-order valence-corrected chi connectivity index (χ0v) is 9.76. The van der Waals surface area contributed by atoms with Crippen molar-refractivity contribution < 1.29 is 9.90 Å². The first-order valence-electron chi connectivity index (χ1n) is 5.89. The molecule has 1 aromatic heterocycles. The maximum absolute atomic E-state index is 12.0. The van der Waals surface area contributed by atoms with Gasteiger partial charge in [0.15, 0.2) is 0 Å². The largest absolute Gasteiger partial charge is 0.386 e. The van der Waals surface area contributed by atoms with Crippen molar-refractivity contribution in [3.63, 3.8) is 0 Å². The minimum Gasteiger partial charge on any atom is -0.386 e. The van der Waals surface area contributed by atoms with E-state index in [0.29, 0.717) is 24.7 Å². The summed E-state index contributed by atoms with van der Waals surface area (Å²) >= 11 is 0. The first-order chi connectivity index (χ1) is 8.08. The molecule has 2 heterocycles. The fraction of sp³-hybridized carbons (Fsp3) is 0.583. The third kappa shape index (κ3) is 1.80. The van der Waals surface area contributed by atoms with Crippen LogP contribution in [0.1, 0.15) is 29.0 Å². The fourth-order valence-electron chi connectivity index (χ4n) is 2.30. The summed E-state index contributed by atoms with van der Waals surface area (Å²) in [5.41, 5.74) is 0.515. The number of hydrogen-bond donors (Lipinski definition) is 1. The van der Waals surface area contributed by atoms with Crippen LogP contribution in [0.25, 0.3) is 0 Å². The number of aryl methyl sites for hydroxylation is 1. The van der Waals surface area contributed by atoms with Crippen LogP contribution in [0, 0.1) is 12.8 Å². The van der Waals surface area contributed by atoms with Gasteiger partial charge < -0.3 is 10.0 Å². The lowest BCUT2D eigenvalue weighted by atomic mass is 9.88. The highest BCUT2D eigenvalue weighted by Gasteiger charge is 2.53. The minimum absolute atomic E-state index is 0.136. The van der Waals surface area contributed by atoms with Crippen molar-refractivity contribution in [2.45, 2.75) is 25.4 Å². The molecule has 17 heavy (non-hydrogen) atoms. The van der Waals surface area contributed by atoms with Crippen molar-refractivity contribution in [2.75, 3.05) is 13.1 Å². The van der Waals surface area contributed by atoms with Gasteiger partial charge in [-0.05, 0) is 25.7 Å². The van der Waals surface area contributed by atoms with E-state index in [4.69, 9.17) is 0 Å². The first-order valence-corrected chi connectivity index (χ1v) is 5.89. The van der Waals surface area contributed by atoms with Gasteiger partial charge >= 0.3 is 0 Å². The lowest BCUT2D eigenvalue weighted by molar-refractivity contribution is -0.0959. The number of carbonyl (C=O) groups excluding carboxylic acids is 1. The summed E-state index contributed by atoms with van der Waals surface area (Å²) in [5.74, 6) is 0.262. The highest BCUT2D eigenvalue weighted by atomic mass is 16.3. The molecule has 1 N–H and O–H groups in total. The molecule has 90 valence electrons. The molecule has 0 aromatic carbocycles. The summed E-state index contributed by atoms with van der Waals surface area (Å²) in [6, 6.07) is 0. The monoisotopic (exact) mass is 233 g/mol. The summed E-state index contributed by atoms with van der Waals surface area (Å²) in [6.45, 7) is 2.70. The fourth-order valence-corrected chi connectivity index (χ4v) is 2.30. The predicted octanol–water partition coefficient (Wildman–Crippen LogP) is 0.382. The standard InChI is InChI=1S/C12H15N3O2/c1-8-4-14-10(5-13-8)11(16)15-6-12(17,7-15)9-2-3-9/h4-5,9,17H,2-3,6-7H2,1H3. The Morgan fingerprint density at radius 3 is 2.65 bits per heavy atom. The third-order valence-electron chi connectivity index (χ3n) is 3.55. The Labute approximate surface area is 99.5 Å². The molecular formula is C12H15N3O2. The second-order valence-electron chi connectivity index (χ2n) is 5.08. The predicted molar refractivity (Wildman–Crippen MR) is 60.3 cm³/mol. The maximum Gasteiger partial charge on any atom is 0.274 e. The number of aromatic nitrogens is 2. The average molecular weight is 233 g/mol. The van der Waals surface area contributed by atoms with Crippen molar-refractivity contribution in [3.8, 4) is 0 Å². The molecule has 5 heteroatoms. The molecule has 0 radical (unpaired) electrons. The number of amides is 1. The van der Waals surface area contributed by atoms with Crippen LogP contribution in [0.5, 0.6) is 0 Å². The summed E-state index contributed by atoms with van der Waals surface area (Å²) in [4.78, 5) is 21.7. The highest BCUT2D eigenvalue weighted by molar-refractivity contribution is 5.92. The van der Waals surface area contributed by atoms with E-state index in [0.717, 1.165) is 18.5 Å². The second-order valence-corrected chi connectivity index (χ2v) is 5.08. The topological polar surface area (TPSA) is 66.3 Å². The van der Waals surface area contributed by atoms with Gasteiger partial charge in [-0.1, -0.05) is 0 Å². The van der Waals surface area contributed by atoms with E-state index in [1.165, 1.54) is 6.20 Å². The molecule has 1 aliphatic heterocycles. The molecule has 0 bridgehead atoms. The number of β-amino-alcohol motifs (C(OH)–C–C–N with tert-alkyl or cyclic N) is 1. The minimum atomic E-state index is -0.631. The lowest BCUT2D eigenvalue weighted by Crippen LogP contribution is -2.64. The van der Waals surface area contributed by atoms with Gasteiger partial charge in [0.2, 0.25) is 0 Å². The number of hydrogen-bond acceptors (Lipinski definition) is 4. The van der Waals surface area contributed by atoms with E-state index < -0.39 is 5.60 Å². The van der Waals surface area contributed by atoms with Gasteiger partial charge in [-0.2, -0.15) is 0 Å². The molecule has 3 rings (SSSR count). The molecule has 1 saturated carbocycles. The van der Waals surface area contributed by atoms with Gasteiger partial charge in [0, 0.05) is 6.20 Å². The van der Waals surface area contributed by atoms with E-state index in [9.17, 15) is 9.90 Å². The van der Waals surface area contributed by atoms with E-state index in [1.54, 1.807) is 11.1 Å². The van der Waals surface area contributed by atoms with Crippen LogP contribution in [0.15, 0.2) is 12.4 Å². The zero-order valence-electron chi connectivity index (χ0n) is 9.76. The summed E-state index contributed by atoms with van der Waals surface area (Å²) in [6.07, 6.45) is 5.25. The van der Waals surface area contributed by atoms with Crippen molar-refractivity contribution in [1.29, 1.82) is 0 Å². The third-order valence-corrected chi connectivity index (χ3v) is 3.55. The van der Waals surface area contributed by atoms with Crippen molar-refractivity contribution >= 4 is 5.91 Å². The highest BCUT2D eigenvalue weighted by Crippen LogP contribution is 2.44. The van der Waals surface area contributed by atoms with Crippen molar-refractivity contribution in [3.05, 3.63) is 23.8 Å². The molecule has 2 aliphatic rings. The molecular weight excluding hydrogens is 218 g/mol. The van der Waals surface area contributed by atoms with Crippen LogP contribution in [0.2, 0.25) is 0 Å². The zero-order chi connectivity index (χ0) is 12.0. The molecule has 0 spiro atoms. The summed E-state index contributed by atoms with van der Waals surface area (Å²) < 4.78 is 0. The molecule has 1 saturated heterocycles. The smallest absolute Gasteiger partial charge is 0.274 e. The van der Waals surface area contributed by atoms with E-state index in [1.807, 2.05) is 6.92 Å². The Morgan fingerprint density at radius 1 is 1.41 bits per heavy atom. The maximum atomic E-state index is 12.0. The first kappa shape index (κ1) is 10.7. The molecule has 1 amide bonds. The van der Waals surface area contributed by atoms with Gasteiger partial charge in [-0.15, -0.1) is 0 Å². The van der Waals surface area contributed by atoms with Gasteiger partial charge in [0.25, 0.3) is 5.91 Å². The summed E-state index contributed by atoms with van der Waals surface area (Å²) in [7, 11) is 0. The second kappa shape index (κ2) is 3.50. The Bertz CT molecular complexity index is 447. The molecule has 1 aromatic rings. The van der Waals surface area contributed by atoms with Gasteiger partial charge in [0.05, 0.1) is 25.0 Å². The van der Waals surface area contributed by atoms with Gasteiger partial charge in [-0.3, -0.25) is 9.78 Å². The lowest BCUT2D eigenvalue weighted by Gasteiger charge is -2.46. The Morgan fingerprint density at radius 2 is 2.12 bits per heavy atom. The SMILES string of the molecule is Cc1cnc(C(=O)N2CC(O)(C3CC3)C2)cn1.